The summed E-state index contributed by atoms with van der Waals surface area (Å²) in [5.41, 5.74) is -1.67. The molecule has 1 saturated heterocycles. The molecule has 30 heavy (non-hydrogen) atoms. The fourth-order valence-electron chi connectivity index (χ4n) is 7.32. The number of amides is 1. The first kappa shape index (κ1) is 20.9. The summed E-state index contributed by atoms with van der Waals surface area (Å²) in [6.45, 7) is 7.81. The van der Waals surface area contributed by atoms with Gasteiger partial charge in [-0.05, 0) is 82.4 Å². The summed E-state index contributed by atoms with van der Waals surface area (Å²) in [5.74, 6) is 1.94. The van der Waals surface area contributed by atoms with Gasteiger partial charge < -0.3 is 15.3 Å². The Morgan fingerprint density at radius 3 is 2.27 bits per heavy atom. The number of nitrogens with one attached hydrogen (secondary N) is 1. The zero-order valence-corrected chi connectivity index (χ0v) is 19.3. The van der Waals surface area contributed by atoms with Gasteiger partial charge in [0.1, 0.15) is 0 Å². The van der Waals surface area contributed by atoms with Gasteiger partial charge in [-0.3, -0.25) is 9.69 Å². The first-order chi connectivity index (χ1) is 14.4. The third-order valence-electron chi connectivity index (χ3n) is 8.54. The minimum atomic E-state index is -1.38. The highest BCUT2D eigenvalue weighted by Gasteiger charge is 2.64. The number of nitrogens with zero attached hydrogens (tertiary/aromatic N) is 2. The van der Waals surface area contributed by atoms with Crippen molar-refractivity contribution in [1.29, 1.82) is 0 Å². The van der Waals surface area contributed by atoms with Crippen molar-refractivity contribution in [3.63, 3.8) is 0 Å². The van der Waals surface area contributed by atoms with E-state index < -0.39 is 5.60 Å². The lowest BCUT2D eigenvalue weighted by Crippen LogP contribution is -2.62. The lowest BCUT2D eigenvalue weighted by Gasteiger charge is -2.61. The van der Waals surface area contributed by atoms with Crippen LogP contribution in [0.2, 0.25) is 0 Å². The van der Waals surface area contributed by atoms with E-state index in [9.17, 15) is 9.90 Å². The summed E-state index contributed by atoms with van der Waals surface area (Å²) in [4.78, 5) is 20.5. The summed E-state index contributed by atoms with van der Waals surface area (Å²) >= 11 is 1.61. The van der Waals surface area contributed by atoms with Crippen LogP contribution in [0.15, 0.2) is 12.1 Å². The molecule has 1 unspecified atom stereocenters. The van der Waals surface area contributed by atoms with Crippen molar-refractivity contribution >= 4 is 17.2 Å². The van der Waals surface area contributed by atoms with Gasteiger partial charge in [0.05, 0.1) is 0 Å². The van der Waals surface area contributed by atoms with Crippen molar-refractivity contribution in [2.45, 2.75) is 51.0 Å². The molecule has 2 heterocycles. The van der Waals surface area contributed by atoms with Crippen molar-refractivity contribution in [2.75, 3.05) is 46.3 Å². The predicted octanol–water partition coefficient (Wildman–Crippen LogP) is 2.82. The van der Waals surface area contributed by atoms with E-state index in [-0.39, 0.29) is 11.3 Å². The molecular formula is C24H37N3O2S. The highest BCUT2D eigenvalue weighted by Crippen LogP contribution is 2.66. The first-order valence-electron chi connectivity index (χ1n) is 11.9. The Morgan fingerprint density at radius 2 is 1.73 bits per heavy atom. The average molecular weight is 432 g/mol. The number of carbonyl (C=O) groups excluding carboxylic acids is 1. The van der Waals surface area contributed by atoms with E-state index in [0.717, 1.165) is 56.9 Å². The van der Waals surface area contributed by atoms with Crippen LogP contribution in [0.5, 0.6) is 0 Å². The molecule has 1 amide bonds. The number of aliphatic hydroxyl groups is 1. The third kappa shape index (κ3) is 3.54. The lowest BCUT2D eigenvalue weighted by atomic mass is 9.45. The maximum absolute atomic E-state index is 13.7. The maximum atomic E-state index is 13.7. The van der Waals surface area contributed by atoms with E-state index in [1.54, 1.807) is 11.3 Å². The van der Waals surface area contributed by atoms with Gasteiger partial charge in [-0.15, -0.1) is 11.3 Å². The number of piperazine rings is 1. The van der Waals surface area contributed by atoms with Crippen LogP contribution in [0, 0.1) is 30.1 Å². The Hall–Kier alpha value is -0.950. The zero-order valence-electron chi connectivity index (χ0n) is 18.5. The molecule has 1 aromatic rings. The molecule has 0 spiro atoms. The molecule has 5 nitrogen and oxygen atoms in total. The average Bonchev–Trinajstić information content (AvgIpc) is 3.14. The van der Waals surface area contributed by atoms with Crippen LogP contribution < -0.4 is 5.32 Å². The summed E-state index contributed by atoms with van der Waals surface area (Å²) in [6.07, 6.45) is 6.96. The fourth-order valence-corrected chi connectivity index (χ4v) is 8.40. The second kappa shape index (κ2) is 7.88. The Balaban J connectivity index is 1.35. The van der Waals surface area contributed by atoms with Crippen molar-refractivity contribution < 1.29 is 9.90 Å². The Morgan fingerprint density at radius 1 is 1.13 bits per heavy atom. The molecule has 1 atom stereocenters. The smallest absolute Gasteiger partial charge is 0.258 e. The molecule has 4 aliphatic carbocycles. The molecule has 5 fully saturated rings. The summed E-state index contributed by atoms with van der Waals surface area (Å²) in [5, 5.41) is 15.5. The van der Waals surface area contributed by atoms with Crippen LogP contribution in [0.25, 0.3) is 0 Å². The van der Waals surface area contributed by atoms with Crippen molar-refractivity contribution in [3.05, 3.63) is 21.9 Å². The minimum absolute atomic E-state index is 0.152. The second-order valence-electron chi connectivity index (χ2n) is 10.7. The van der Waals surface area contributed by atoms with Crippen LogP contribution in [0.4, 0.5) is 0 Å². The molecule has 2 N–H and O–H groups in total. The monoisotopic (exact) mass is 431 g/mol. The molecule has 0 aromatic carbocycles. The molecule has 0 radical (unpaired) electrons. The van der Waals surface area contributed by atoms with E-state index in [4.69, 9.17) is 0 Å². The third-order valence-corrected chi connectivity index (χ3v) is 9.65. The van der Waals surface area contributed by atoms with Gasteiger partial charge in [-0.1, -0.05) is 0 Å². The van der Waals surface area contributed by atoms with Crippen molar-refractivity contribution in [2.24, 2.45) is 23.2 Å². The van der Waals surface area contributed by atoms with Crippen molar-refractivity contribution in [1.82, 2.24) is 15.1 Å². The number of carbonyl (C=O) groups is 1. The Bertz CT molecular complexity index is 750. The quantitative estimate of drug-likeness (QED) is 0.727. The number of aryl methyl sites for hydroxylation is 1. The molecule has 6 rings (SSSR count). The van der Waals surface area contributed by atoms with Crippen LogP contribution >= 0.6 is 11.3 Å². The summed E-state index contributed by atoms with van der Waals surface area (Å²) < 4.78 is 0. The standard InChI is InChI=1S/C24H37N3O2S/c1-17-3-4-21(30-17)24(29,22(28)25-5-6-27-9-7-26(2)8-10-27)23-14-18-11-19(15-23)13-20(12-18)16-23/h3-4,18-20,29H,5-16H2,1-2H3,(H,25,28). The Kier molecular flexibility index (Phi) is 5.49. The predicted molar refractivity (Wildman–Crippen MR) is 121 cm³/mol. The van der Waals surface area contributed by atoms with Gasteiger partial charge in [-0.25, -0.2) is 0 Å². The van der Waals surface area contributed by atoms with E-state index >= 15 is 0 Å². The van der Waals surface area contributed by atoms with Crippen LogP contribution in [0.1, 0.15) is 48.3 Å². The number of likely N-dealkylation sites (N-methyl/N-ethyl adjacent to an activating group) is 1. The van der Waals surface area contributed by atoms with Crippen molar-refractivity contribution in [3.8, 4) is 0 Å². The van der Waals surface area contributed by atoms with Gasteiger partial charge >= 0.3 is 0 Å². The zero-order chi connectivity index (χ0) is 20.9. The maximum Gasteiger partial charge on any atom is 0.258 e. The second-order valence-corrected chi connectivity index (χ2v) is 12.0. The van der Waals surface area contributed by atoms with Crippen LogP contribution in [-0.2, 0) is 10.4 Å². The molecule has 4 bridgehead atoms. The minimum Gasteiger partial charge on any atom is -0.374 e. The number of rotatable bonds is 6. The fraction of sp³-hybridized carbons (Fsp3) is 0.792. The lowest BCUT2D eigenvalue weighted by molar-refractivity contribution is -0.193. The molecule has 4 saturated carbocycles. The van der Waals surface area contributed by atoms with Gasteiger partial charge in [0.2, 0.25) is 0 Å². The molecule has 1 aliphatic heterocycles. The topological polar surface area (TPSA) is 55.8 Å². The first-order valence-corrected chi connectivity index (χ1v) is 12.7. The van der Waals surface area contributed by atoms with E-state index in [0.29, 0.717) is 24.3 Å². The molecular weight excluding hydrogens is 394 g/mol. The van der Waals surface area contributed by atoms with Crippen LogP contribution in [-0.4, -0.2) is 67.1 Å². The summed E-state index contributed by atoms with van der Waals surface area (Å²) in [6, 6.07) is 4.07. The molecule has 5 aliphatic rings. The van der Waals surface area contributed by atoms with Gasteiger partial charge in [0.15, 0.2) is 5.60 Å². The normalized spacial score (nSPS) is 36.0. The van der Waals surface area contributed by atoms with E-state index in [1.165, 1.54) is 24.1 Å². The van der Waals surface area contributed by atoms with Gasteiger partial charge in [0, 0.05) is 54.4 Å². The molecule has 1 aromatic heterocycles. The summed E-state index contributed by atoms with van der Waals surface area (Å²) in [7, 11) is 2.16. The SMILES string of the molecule is Cc1ccc(C(O)(C(=O)NCCN2CCN(C)CC2)C23CC4CC(CC(C4)C2)C3)s1. The number of thiophene rings is 1. The van der Waals surface area contributed by atoms with Gasteiger partial charge in [0.25, 0.3) is 5.91 Å². The van der Waals surface area contributed by atoms with E-state index in [2.05, 4.69) is 35.2 Å². The van der Waals surface area contributed by atoms with Crippen LogP contribution in [0.3, 0.4) is 0 Å². The molecule has 6 heteroatoms. The molecule has 166 valence electrons. The van der Waals surface area contributed by atoms with Gasteiger partial charge in [-0.2, -0.15) is 0 Å². The highest BCUT2D eigenvalue weighted by atomic mass is 32.1. The Labute approximate surface area is 184 Å². The largest absolute Gasteiger partial charge is 0.374 e. The number of hydrogen-bond donors (Lipinski definition) is 2. The van der Waals surface area contributed by atoms with E-state index in [1.807, 2.05) is 6.07 Å². The highest BCUT2D eigenvalue weighted by molar-refractivity contribution is 7.12. The number of hydrogen-bond acceptors (Lipinski definition) is 5.